The molecule has 0 saturated carbocycles. The first-order valence-electron chi connectivity index (χ1n) is 5.63. The van der Waals surface area contributed by atoms with Gasteiger partial charge in [-0.1, -0.05) is 18.5 Å². The van der Waals surface area contributed by atoms with E-state index in [0.717, 1.165) is 0 Å². The quantitative estimate of drug-likeness (QED) is 0.867. The summed E-state index contributed by atoms with van der Waals surface area (Å²) in [6.07, 6.45) is 0.0610. The van der Waals surface area contributed by atoms with Crippen LogP contribution in [0.15, 0.2) is 18.2 Å². The van der Waals surface area contributed by atoms with E-state index in [0.29, 0.717) is 11.3 Å². The van der Waals surface area contributed by atoms with Gasteiger partial charge in [-0.25, -0.2) is 0 Å². The van der Waals surface area contributed by atoms with Crippen LogP contribution < -0.4 is 5.32 Å². The average molecular weight is 281 g/mol. The molecule has 1 aromatic rings. The SMILES string of the molecule is C[C@@H](CC(=O)O)CC(=O)Nc1ccc(C#N)c(Cl)c1. The molecule has 1 rings (SSSR count). The molecule has 0 unspecified atom stereocenters. The number of carbonyl (C=O) groups excluding carboxylic acids is 1. The molecule has 0 fully saturated rings. The van der Waals surface area contributed by atoms with Crippen LogP contribution in [0.1, 0.15) is 25.3 Å². The lowest BCUT2D eigenvalue weighted by molar-refractivity contribution is -0.138. The maximum atomic E-state index is 11.7. The molecule has 19 heavy (non-hydrogen) atoms. The second-order valence-corrected chi connectivity index (χ2v) is 4.67. The highest BCUT2D eigenvalue weighted by atomic mass is 35.5. The summed E-state index contributed by atoms with van der Waals surface area (Å²) < 4.78 is 0. The van der Waals surface area contributed by atoms with Gasteiger partial charge in [0.2, 0.25) is 5.91 Å². The van der Waals surface area contributed by atoms with E-state index in [1.165, 1.54) is 12.1 Å². The van der Waals surface area contributed by atoms with E-state index in [1.54, 1.807) is 13.0 Å². The van der Waals surface area contributed by atoms with Gasteiger partial charge < -0.3 is 10.4 Å². The minimum absolute atomic E-state index is 0.0540. The molecule has 0 radical (unpaired) electrons. The first kappa shape index (κ1) is 15.0. The fourth-order valence-corrected chi connectivity index (χ4v) is 1.81. The van der Waals surface area contributed by atoms with Crippen molar-refractivity contribution in [1.82, 2.24) is 0 Å². The van der Waals surface area contributed by atoms with Crippen molar-refractivity contribution < 1.29 is 14.7 Å². The van der Waals surface area contributed by atoms with Gasteiger partial charge in [-0.2, -0.15) is 5.26 Å². The normalized spacial score (nSPS) is 11.4. The maximum Gasteiger partial charge on any atom is 0.303 e. The Hall–Kier alpha value is -2.06. The largest absolute Gasteiger partial charge is 0.481 e. The second kappa shape index (κ2) is 6.76. The van der Waals surface area contributed by atoms with Crippen LogP contribution in [0.5, 0.6) is 0 Å². The summed E-state index contributed by atoms with van der Waals surface area (Å²) in [4.78, 5) is 22.1. The summed E-state index contributed by atoms with van der Waals surface area (Å²) in [5, 5.41) is 20.2. The molecular weight excluding hydrogens is 268 g/mol. The number of anilines is 1. The number of nitrogens with one attached hydrogen (secondary N) is 1. The van der Waals surface area contributed by atoms with Crippen molar-refractivity contribution in [3.8, 4) is 6.07 Å². The van der Waals surface area contributed by atoms with E-state index in [2.05, 4.69) is 5.32 Å². The smallest absolute Gasteiger partial charge is 0.303 e. The molecule has 0 aliphatic carbocycles. The first-order valence-corrected chi connectivity index (χ1v) is 6.01. The molecule has 0 saturated heterocycles. The van der Waals surface area contributed by atoms with Gasteiger partial charge in [-0.3, -0.25) is 9.59 Å². The van der Waals surface area contributed by atoms with Gasteiger partial charge in [-0.15, -0.1) is 0 Å². The summed E-state index contributed by atoms with van der Waals surface area (Å²) in [5.41, 5.74) is 0.815. The van der Waals surface area contributed by atoms with E-state index in [9.17, 15) is 9.59 Å². The minimum atomic E-state index is -0.929. The van der Waals surface area contributed by atoms with Crippen LogP contribution in [0.25, 0.3) is 0 Å². The monoisotopic (exact) mass is 280 g/mol. The van der Waals surface area contributed by atoms with Crippen LogP contribution in [0.3, 0.4) is 0 Å². The minimum Gasteiger partial charge on any atom is -0.481 e. The number of carboxylic acid groups (broad SMARTS) is 1. The number of hydrogen-bond donors (Lipinski definition) is 2. The number of benzene rings is 1. The molecule has 6 heteroatoms. The van der Waals surface area contributed by atoms with Gasteiger partial charge in [0.05, 0.1) is 10.6 Å². The van der Waals surface area contributed by atoms with Crippen molar-refractivity contribution in [2.75, 3.05) is 5.32 Å². The molecule has 1 amide bonds. The lowest BCUT2D eigenvalue weighted by atomic mass is 10.0. The molecule has 2 N–H and O–H groups in total. The number of carbonyl (C=O) groups is 2. The topological polar surface area (TPSA) is 90.2 Å². The Labute approximate surface area is 115 Å². The molecule has 1 aromatic carbocycles. The zero-order chi connectivity index (χ0) is 14.4. The molecule has 0 bridgehead atoms. The van der Waals surface area contributed by atoms with E-state index >= 15 is 0 Å². The molecule has 0 aliphatic heterocycles. The summed E-state index contributed by atoms with van der Waals surface area (Å²) in [5.74, 6) is -1.46. The molecule has 0 aliphatic rings. The van der Waals surface area contributed by atoms with Crippen molar-refractivity contribution in [2.45, 2.75) is 19.8 Å². The van der Waals surface area contributed by atoms with Gasteiger partial charge >= 0.3 is 5.97 Å². The molecule has 5 nitrogen and oxygen atoms in total. The van der Waals surface area contributed by atoms with Crippen LogP contribution in [0.4, 0.5) is 5.69 Å². The van der Waals surface area contributed by atoms with Gasteiger partial charge in [0.1, 0.15) is 6.07 Å². The molecule has 0 spiro atoms. The fourth-order valence-electron chi connectivity index (χ4n) is 1.58. The third-order valence-electron chi connectivity index (χ3n) is 2.43. The Balaban J connectivity index is 2.60. The molecular formula is C13H13ClN2O3. The van der Waals surface area contributed by atoms with E-state index in [4.69, 9.17) is 22.0 Å². The number of carboxylic acids is 1. The van der Waals surface area contributed by atoms with E-state index in [1.807, 2.05) is 6.07 Å². The van der Waals surface area contributed by atoms with Crippen molar-refractivity contribution in [2.24, 2.45) is 5.92 Å². The highest BCUT2D eigenvalue weighted by Crippen LogP contribution is 2.20. The van der Waals surface area contributed by atoms with E-state index in [-0.39, 0.29) is 29.7 Å². The average Bonchev–Trinajstić information content (AvgIpc) is 2.27. The van der Waals surface area contributed by atoms with Gasteiger partial charge in [-0.05, 0) is 24.1 Å². The van der Waals surface area contributed by atoms with Crippen LogP contribution in [-0.4, -0.2) is 17.0 Å². The number of hydrogen-bond acceptors (Lipinski definition) is 3. The summed E-state index contributed by atoms with van der Waals surface area (Å²) in [6, 6.07) is 6.49. The fraction of sp³-hybridized carbons (Fsp3) is 0.308. The van der Waals surface area contributed by atoms with Crippen molar-refractivity contribution in [3.63, 3.8) is 0 Å². The number of halogens is 1. The number of nitriles is 1. The molecule has 100 valence electrons. The lowest BCUT2D eigenvalue weighted by Crippen LogP contribution is -2.16. The zero-order valence-corrected chi connectivity index (χ0v) is 11.1. The molecule has 0 heterocycles. The van der Waals surface area contributed by atoms with Crippen LogP contribution >= 0.6 is 11.6 Å². The zero-order valence-electron chi connectivity index (χ0n) is 10.3. The van der Waals surface area contributed by atoms with Gasteiger partial charge in [0, 0.05) is 18.5 Å². The third-order valence-corrected chi connectivity index (χ3v) is 2.74. The Morgan fingerprint density at radius 2 is 2.16 bits per heavy atom. The number of aliphatic carboxylic acids is 1. The predicted octanol–water partition coefficient (Wildman–Crippen LogP) is 2.65. The van der Waals surface area contributed by atoms with Crippen molar-refractivity contribution >= 4 is 29.2 Å². The van der Waals surface area contributed by atoms with Gasteiger partial charge in [0.25, 0.3) is 0 Å². The second-order valence-electron chi connectivity index (χ2n) is 4.26. The first-order chi connectivity index (χ1) is 8.92. The molecule has 0 aromatic heterocycles. The summed E-state index contributed by atoms with van der Waals surface area (Å²) >= 11 is 5.84. The van der Waals surface area contributed by atoms with Crippen LogP contribution in [0, 0.1) is 17.2 Å². The standard InChI is InChI=1S/C13H13ClN2O3/c1-8(5-13(18)19)4-12(17)16-10-3-2-9(7-15)11(14)6-10/h2-3,6,8H,4-5H2,1H3,(H,16,17)(H,18,19)/t8-/m1/s1. The number of amides is 1. The van der Waals surface area contributed by atoms with Crippen molar-refractivity contribution in [1.29, 1.82) is 5.26 Å². The van der Waals surface area contributed by atoms with E-state index < -0.39 is 5.97 Å². The lowest BCUT2D eigenvalue weighted by Gasteiger charge is -2.09. The number of rotatable bonds is 5. The molecule has 1 atom stereocenters. The maximum absolute atomic E-state index is 11.7. The Bertz CT molecular complexity index is 537. The highest BCUT2D eigenvalue weighted by molar-refractivity contribution is 6.32. The van der Waals surface area contributed by atoms with Crippen LogP contribution in [0.2, 0.25) is 5.02 Å². The Morgan fingerprint density at radius 1 is 1.47 bits per heavy atom. The predicted molar refractivity (Wildman–Crippen MR) is 70.8 cm³/mol. The highest BCUT2D eigenvalue weighted by Gasteiger charge is 2.13. The van der Waals surface area contributed by atoms with Crippen molar-refractivity contribution in [3.05, 3.63) is 28.8 Å². The van der Waals surface area contributed by atoms with Gasteiger partial charge in [0.15, 0.2) is 0 Å². The summed E-state index contributed by atoms with van der Waals surface area (Å²) in [7, 11) is 0. The van der Waals surface area contributed by atoms with Crippen LogP contribution in [-0.2, 0) is 9.59 Å². The summed E-state index contributed by atoms with van der Waals surface area (Å²) in [6.45, 7) is 1.69. The Morgan fingerprint density at radius 3 is 2.68 bits per heavy atom. The Kier molecular flexibility index (Phi) is 5.34. The third kappa shape index (κ3) is 4.98. The number of nitrogens with zero attached hydrogens (tertiary/aromatic N) is 1.